The molecule has 2 rings (SSSR count). The Kier molecular flexibility index (Phi) is 4.28. The summed E-state index contributed by atoms with van der Waals surface area (Å²) in [6, 6.07) is 7.11. The van der Waals surface area contributed by atoms with Crippen LogP contribution in [0.4, 0.5) is 5.69 Å². The molecular formula is C13H18N2O3. The van der Waals surface area contributed by atoms with Gasteiger partial charge in [0.1, 0.15) is 0 Å². The van der Waals surface area contributed by atoms with E-state index in [0.29, 0.717) is 12.6 Å². The van der Waals surface area contributed by atoms with Gasteiger partial charge >= 0.3 is 0 Å². The van der Waals surface area contributed by atoms with Crippen LogP contribution >= 0.6 is 0 Å². The van der Waals surface area contributed by atoms with Crippen LogP contribution < -0.4 is 5.32 Å². The topological polar surface area (TPSA) is 75.4 Å². The largest absolute Gasteiger partial charge is 0.393 e. The van der Waals surface area contributed by atoms with Gasteiger partial charge in [-0.25, -0.2) is 0 Å². The molecule has 5 heteroatoms. The summed E-state index contributed by atoms with van der Waals surface area (Å²) in [6.07, 6.45) is 3.46. The lowest BCUT2D eigenvalue weighted by Gasteiger charge is -2.26. The van der Waals surface area contributed by atoms with Crippen molar-refractivity contribution in [3.63, 3.8) is 0 Å². The fourth-order valence-corrected chi connectivity index (χ4v) is 2.32. The third-order valence-corrected chi connectivity index (χ3v) is 3.41. The second-order valence-electron chi connectivity index (χ2n) is 4.81. The lowest BCUT2D eigenvalue weighted by atomic mass is 9.93. The van der Waals surface area contributed by atoms with Gasteiger partial charge in [0, 0.05) is 24.7 Å². The van der Waals surface area contributed by atoms with Crippen LogP contribution in [-0.4, -0.2) is 22.2 Å². The normalized spacial score (nSPS) is 23.8. The molecule has 1 aromatic carbocycles. The molecular weight excluding hydrogens is 232 g/mol. The Balaban J connectivity index is 1.86. The zero-order valence-corrected chi connectivity index (χ0v) is 10.2. The van der Waals surface area contributed by atoms with Crippen LogP contribution in [0.2, 0.25) is 0 Å². The van der Waals surface area contributed by atoms with E-state index in [0.717, 1.165) is 31.2 Å². The van der Waals surface area contributed by atoms with Gasteiger partial charge in [0.15, 0.2) is 0 Å². The Hall–Kier alpha value is -1.46. The van der Waals surface area contributed by atoms with Crippen molar-refractivity contribution in [2.45, 2.75) is 44.4 Å². The molecule has 0 atom stereocenters. The first-order chi connectivity index (χ1) is 8.65. The Morgan fingerprint density at radius 2 is 2.06 bits per heavy atom. The van der Waals surface area contributed by atoms with Crippen LogP contribution in [0, 0.1) is 10.1 Å². The van der Waals surface area contributed by atoms with E-state index in [1.165, 1.54) is 6.07 Å². The minimum atomic E-state index is -0.375. The molecule has 1 aliphatic carbocycles. The number of benzene rings is 1. The van der Waals surface area contributed by atoms with Gasteiger partial charge in [-0.1, -0.05) is 12.1 Å². The number of nitro benzene ring substituents is 1. The summed E-state index contributed by atoms with van der Waals surface area (Å²) in [5.74, 6) is 0. The molecule has 18 heavy (non-hydrogen) atoms. The predicted octanol–water partition coefficient (Wildman–Crippen LogP) is 1.99. The van der Waals surface area contributed by atoms with Crippen LogP contribution in [0.15, 0.2) is 24.3 Å². The van der Waals surface area contributed by atoms with Gasteiger partial charge in [-0.15, -0.1) is 0 Å². The molecule has 0 radical (unpaired) electrons. The molecule has 5 nitrogen and oxygen atoms in total. The van der Waals surface area contributed by atoms with Crippen molar-refractivity contribution in [1.82, 2.24) is 5.32 Å². The molecule has 0 aliphatic heterocycles. The maximum atomic E-state index is 10.7. The van der Waals surface area contributed by atoms with E-state index in [2.05, 4.69) is 5.32 Å². The minimum Gasteiger partial charge on any atom is -0.393 e. The molecule has 1 aliphatic rings. The van der Waals surface area contributed by atoms with Crippen LogP contribution in [-0.2, 0) is 6.54 Å². The summed E-state index contributed by atoms with van der Waals surface area (Å²) >= 11 is 0. The Bertz CT molecular complexity index is 414. The van der Waals surface area contributed by atoms with Crippen LogP contribution in [0.5, 0.6) is 0 Å². The van der Waals surface area contributed by atoms with Gasteiger partial charge in [0.2, 0.25) is 0 Å². The first-order valence-corrected chi connectivity index (χ1v) is 6.30. The van der Waals surface area contributed by atoms with Crippen LogP contribution in [0.25, 0.3) is 0 Å². The highest BCUT2D eigenvalue weighted by atomic mass is 16.6. The van der Waals surface area contributed by atoms with Gasteiger partial charge < -0.3 is 10.4 Å². The van der Waals surface area contributed by atoms with E-state index >= 15 is 0 Å². The number of non-ortho nitro benzene ring substituents is 1. The number of nitro groups is 1. The highest BCUT2D eigenvalue weighted by Gasteiger charge is 2.18. The predicted molar refractivity (Wildman–Crippen MR) is 68.2 cm³/mol. The van der Waals surface area contributed by atoms with E-state index in [1.807, 2.05) is 6.07 Å². The molecule has 98 valence electrons. The lowest BCUT2D eigenvalue weighted by molar-refractivity contribution is -0.384. The van der Waals surface area contributed by atoms with Gasteiger partial charge in [-0.3, -0.25) is 10.1 Å². The maximum Gasteiger partial charge on any atom is 0.269 e. The summed E-state index contributed by atoms with van der Waals surface area (Å²) in [7, 11) is 0. The summed E-state index contributed by atoms with van der Waals surface area (Å²) in [5, 5.41) is 23.5. The van der Waals surface area contributed by atoms with E-state index < -0.39 is 0 Å². The van der Waals surface area contributed by atoms with Gasteiger partial charge in [-0.05, 0) is 31.2 Å². The first kappa shape index (κ1) is 13.0. The number of nitrogens with zero attached hydrogens (tertiary/aromatic N) is 1. The zero-order valence-electron chi connectivity index (χ0n) is 10.2. The minimum absolute atomic E-state index is 0.133. The Labute approximate surface area is 106 Å². The number of aliphatic hydroxyl groups is 1. The van der Waals surface area contributed by atoms with E-state index in [4.69, 9.17) is 0 Å². The molecule has 2 N–H and O–H groups in total. The van der Waals surface area contributed by atoms with Gasteiger partial charge in [-0.2, -0.15) is 0 Å². The Morgan fingerprint density at radius 1 is 1.33 bits per heavy atom. The van der Waals surface area contributed by atoms with Crippen molar-refractivity contribution in [2.24, 2.45) is 0 Å². The first-order valence-electron chi connectivity index (χ1n) is 6.30. The molecule has 0 saturated heterocycles. The summed E-state index contributed by atoms with van der Waals surface area (Å²) in [4.78, 5) is 10.3. The molecule has 1 aromatic rings. The highest BCUT2D eigenvalue weighted by Crippen LogP contribution is 2.19. The number of hydrogen-bond donors (Lipinski definition) is 2. The quantitative estimate of drug-likeness (QED) is 0.633. The van der Waals surface area contributed by atoms with E-state index in [9.17, 15) is 15.2 Å². The second kappa shape index (κ2) is 5.93. The molecule has 0 amide bonds. The van der Waals surface area contributed by atoms with Crippen LogP contribution in [0.3, 0.4) is 0 Å². The molecule has 0 aromatic heterocycles. The van der Waals surface area contributed by atoms with Crippen molar-refractivity contribution < 1.29 is 10.0 Å². The van der Waals surface area contributed by atoms with Gasteiger partial charge in [0.25, 0.3) is 5.69 Å². The lowest BCUT2D eigenvalue weighted by Crippen LogP contribution is -2.34. The van der Waals surface area contributed by atoms with E-state index in [-0.39, 0.29) is 16.7 Å². The monoisotopic (exact) mass is 250 g/mol. The molecule has 1 saturated carbocycles. The SMILES string of the molecule is O=[N+]([O-])c1cccc(CNC2CCC(O)CC2)c1. The third kappa shape index (κ3) is 3.51. The van der Waals surface area contributed by atoms with E-state index in [1.54, 1.807) is 12.1 Å². The average molecular weight is 250 g/mol. The summed E-state index contributed by atoms with van der Waals surface area (Å²) in [5.41, 5.74) is 1.06. The third-order valence-electron chi connectivity index (χ3n) is 3.41. The van der Waals surface area contributed by atoms with Crippen molar-refractivity contribution in [2.75, 3.05) is 0 Å². The average Bonchev–Trinajstić information content (AvgIpc) is 2.38. The highest BCUT2D eigenvalue weighted by molar-refractivity contribution is 5.34. The Morgan fingerprint density at radius 3 is 2.72 bits per heavy atom. The maximum absolute atomic E-state index is 10.7. The number of aliphatic hydroxyl groups excluding tert-OH is 1. The van der Waals surface area contributed by atoms with Gasteiger partial charge in [0.05, 0.1) is 11.0 Å². The molecule has 0 spiro atoms. The number of rotatable bonds is 4. The van der Waals surface area contributed by atoms with Crippen molar-refractivity contribution >= 4 is 5.69 Å². The zero-order chi connectivity index (χ0) is 13.0. The van der Waals surface area contributed by atoms with Crippen molar-refractivity contribution in [3.05, 3.63) is 39.9 Å². The molecule has 1 fully saturated rings. The van der Waals surface area contributed by atoms with Crippen LogP contribution in [0.1, 0.15) is 31.2 Å². The number of nitrogens with one attached hydrogen (secondary N) is 1. The summed E-state index contributed by atoms with van der Waals surface area (Å²) < 4.78 is 0. The van der Waals surface area contributed by atoms with Crippen molar-refractivity contribution in [3.8, 4) is 0 Å². The molecule has 0 bridgehead atoms. The summed E-state index contributed by atoms with van der Waals surface area (Å²) in [6.45, 7) is 0.641. The van der Waals surface area contributed by atoms with Crippen molar-refractivity contribution in [1.29, 1.82) is 0 Å². The molecule has 0 unspecified atom stereocenters. The number of hydrogen-bond acceptors (Lipinski definition) is 4. The second-order valence-corrected chi connectivity index (χ2v) is 4.81. The fraction of sp³-hybridized carbons (Fsp3) is 0.538. The fourth-order valence-electron chi connectivity index (χ4n) is 2.32. The smallest absolute Gasteiger partial charge is 0.269 e. The standard InChI is InChI=1S/C13H18N2O3/c16-13-6-4-11(5-7-13)14-9-10-2-1-3-12(8-10)15(17)18/h1-3,8,11,13-14,16H,4-7,9H2. The molecule has 0 heterocycles.